The van der Waals surface area contributed by atoms with E-state index >= 15 is 0 Å². The quantitative estimate of drug-likeness (QED) is 0.756. The van der Waals surface area contributed by atoms with Crippen LogP contribution < -0.4 is 4.74 Å². The van der Waals surface area contributed by atoms with Gasteiger partial charge in [-0.05, 0) is 24.1 Å². The number of ketones is 1. The highest BCUT2D eigenvalue weighted by atomic mass is 16.5. The van der Waals surface area contributed by atoms with Gasteiger partial charge in [-0.2, -0.15) is 0 Å². The van der Waals surface area contributed by atoms with E-state index in [1.54, 1.807) is 25.3 Å². The Hall–Kier alpha value is -1.61. The van der Waals surface area contributed by atoms with E-state index in [1.165, 1.54) is 0 Å². The number of hydrogen-bond acceptors (Lipinski definition) is 3. The number of aliphatic hydroxyl groups excluding tert-OH is 1. The molecule has 1 unspecified atom stereocenters. The summed E-state index contributed by atoms with van der Waals surface area (Å²) in [5, 5.41) is 9.53. The highest BCUT2D eigenvalue weighted by molar-refractivity contribution is 6.03. The third-order valence-electron chi connectivity index (χ3n) is 2.49. The molecule has 2 rings (SSSR count). The minimum atomic E-state index is -0.936. The smallest absolute Gasteiger partial charge is 0.192 e. The van der Waals surface area contributed by atoms with E-state index in [1.807, 2.05) is 12.1 Å². The molecule has 0 heterocycles. The van der Waals surface area contributed by atoms with Crippen molar-refractivity contribution >= 4 is 11.9 Å². The molecule has 3 heteroatoms. The summed E-state index contributed by atoms with van der Waals surface area (Å²) in [5.74, 6) is 0.388. The Morgan fingerprint density at radius 2 is 2.27 bits per heavy atom. The molecule has 1 atom stereocenters. The lowest BCUT2D eigenvalue weighted by molar-refractivity contribution is 0.0754. The molecule has 0 radical (unpaired) electrons. The van der Waals surface area contributed by atoms with Crippen LogP contribution in [0.25, 0.3) is 6.08 Å². The first-order valence-corrected chi connectivity index (χ1v) is 4.79. The molecule has 1 N–H and O–H groups in total. The molecule has 1 aliphatic carbocycles. The van der Waals surface area contributed by atoms with E-state index in [0.717, 1.165) is 5.56 Å². The Morgan fingerprint density at radius 1 is 1.47 bits per heavy atom. The third kappa shape index (κ3) is 1.78. The van der Waals surface area contributed by atoms with Crippen LogP contribution in [-0.2, 0) is 0 Å². The minimum absolute atomic E-state index is 0.242. The van der Waals surface area contributed by atoms with Crippen LogP contribution >= 0.6 is 0 Å². The standard InChI is InChI=1S/C12H12O3/c1-15-9-6-5-8-3-2-4-11(13)12(14)10(8)7-9/h2-3,5-7,11,13H,4H2,1H3. The van der Waals surface area contributed by atoms with Crippen molar-refractivity contribution in [2.45, 2.75) is 12.5 Å². The molecule has 0 spiro atoms. The zero-order valence-corrected chi connectivity index (χ0v) is 8.43. The number of ether oxygens (including phenoxy) is 1. The van der Waals surface area contributed by atoms with Crippen molar-refractivity contribution in [1.29, 1.82) is 0 Å². The van der Waals surface area contributed by atoms with E-state index in [2.05, 4.69) is 0 Å². The van der Waals surface area contributed by atoms with Gasteiger partial charge in [0.25, 0.3) is 0 Å². The Balaban J connectivity index is 2.52. The van der Waals surface area contributed by atoms with Crippen molar-refractivity contribution in [2.75, 3.05) is 7.11 Å². The van der Waals surface area contributed by atoms with Gasteiger partial charge in [-0.3, -0.25) is 4.79 Å². The summed E-state index contributed by atoms with van der Waals surface area (Å²) >= 11 is 0. The van der Waals surface area contributed by atoms with Crippen molar-refractivity contribution in [1.82, 2.24) is 0 Å². The SMILES string of the molecule is COc1ccc2c(c1)C(=O)C(O)CC=C2. The lowest BCUT2D eigenvalue weighted by atomic mass is 10.0. The molecule has 0 saturated carbocycles. The summed E-state index contributed by atoms with van der Waals surface area (Å²) in [5.41, 5.74) is 1.35. The fourth-order valence-corrected chi connectivity index (χ4v) is 1.63. The summed E-state index contributed by atoms with van der Waals surface area (Å²) in [6.07, 6.45) is 3.09. The van der Waals surface area contributed by atoms with Gasteiger partial charge >= 0.3 is 0 Å². The summed E-state index contributed by atoms with van der Waals surface area (Å²) in [4.78, 5) is 11.8. The Labute approximate surface area is 88.0 Å². The van der Waals surface area contributed by atoms with Gasteiger partial charge in [0.15, 0.2) is 5.78 Å². The van der Waals surface area contributed by atoms with Crippen LogP contribution in [0.4, 0.5) is 0 Å². The van der Waals surface area contributed by atoms with Gasteiger partial charge in [0.1, 0.15) is 11.9 Å². The molecule has 15 heavy (non-hydrogen) atoms. The summed E-state index contributed by atoms with van der Waals surface area (Å²) in [7, 11) is 1.55. The molecule has 0 bridgehead atoms. The molecule has 0 fully saturated rings. The highest BCUT2D eigenvalue weighted by Crippen LogP contribution is 2.23. The second-order valence-electron chi connectivity index (χ2n) is 3.47. The number of fused-ring (bicyclic) bond motifs is 1. The number of hydrogen-bond donors (Lipinski definition) is 1. The maximum absolute atomic E-state index is 11.8. The number of carbonyl (C=O) groups excluding carboxylic acids is 1. The molecule has 1 aromatic rings. The monoisotopic (exact) mass is 204 g/mol. The van der Waals surface area contributed by atoms with E-state index in [4.69, 9.17) is 4.74 Å². The van der Waals surface area contributed by atoms with E-state index in [0.29, 0.717) is 17.7 Å². The van der Waals surface area contributed by atoms with Crippen molar-refractivity contribution in [3.8, 4) is 5.75 Å². The molecule has 3 nitrogen and oxygen atoms in total. The normalized spacial score (nSPS) is 19.6. The number of rotatable bonds is 1. The van der Waals surface area contributed by atoms with Crippen LogP contribution in [0.5, 0.6) is 5.75 Å². The van der Waals surface area contributed by atoms with Crippen LogP contribution in [0.2, 0.25) is 0 Å². The fourth-order valence-electron chi connectivity index (χ4n) is 1.63. The summed E-state index contributed by atoms with van der Waals surface area (Å²) < 4.78 is 5.05. The second kappa shape index (κ2) is 3.87. The lowest BCUT2D eigenvalue weighted by Gasteiger charge is -2.08. The molecule has 1 aromatic carbocycles. The maximum atomic E-state index is 11.8. The maximum Gasteiger partial charge on any atom is 0.192 e. The molecule has 0 saturated heterocycles. The van der Waals surface area contributed by atoms with Crippen LogP contribution in [0.1, 0.15) is 22.3 Å². The van der Waals surface area contributed by atoms with Crippen LogP contribution in [-0.4, -0.2) is 24.1 Å². The number of aliphatic hydroxyl groups is 1. The number of Topliss-reactive ketones (excluding diaryl/α,β-unsaturated/α-hetero) is 1. The van der Waals surface area contributed by atoms with Gasteiger partial charge in [0.2, 0.25) is 0 Å². The molecule has 0 aliphatic heterocycles. The van der Waals surface area contributed by atoms with Crippen molar-refractivity contribution in [2.24, 2.45) is 0 Å². The number of benzene rings is 1. The van der Waals surface area contributed by atoms with E-state index in [9.17, 15) is 9.90 Å². The predicted molar refractivity (Wildman–Crippen MR) is 57.0 cm³/mol. The summed E-state index contributed by atoms with van der Waals surface area (Å²) in [6, 6.07) is 5.28. The Kier molecular flexibility index (Phi) is 2.56. The third-order valence-corrected chi connectivity index (χ3v) is 2.49. The van der Waals surface area contributed by atoms with Crippen molar-refractivity contribution < 1.29 is 14.6 Å². The lowest BCUT2D eigenvalue weighted by Crippen LogP contribution is -2.19. The van der Waals surface area contributed by atoms with E-state index < -0.39 is 6.10 Å². The van der Waals surface area contributed by atoms with Crippen LogP contribution in [0.15, 0.2) is 24.3 Å². The van der Waals surface area contributed by atoms with Gasteiger partial charge in [0.05, 0.1) is 7.11 Å². The first-order chi connectivity index (χ1) is 7.22. The fraction of sp³-hybridized carbons (Fsp3) is 0.250. The molecular weight excluding hydrogens is 192 g/mol. The van der Waals surface area contributed by atoms with Gasteiger partial charge in [-0.15, -0.1) is 0 Å². The average Bonchev–Trinajstić information content (AvgIpc) is 2.40. The zero-order valence-electron chi connectivity index (χ0n) is 8.43. The van der Waals surface area contributed by atoms with Crippen LogP contribution in [0, 0.1) is 0 Å². The molecule has 0 amide bonds. The largest absolute Gasteiger partial charge is 0.497 e. The van der Waals surface area contributed by atoms with Gasteiger partial charge in [-0.25, -0.2) is 0 Å². The molecule has 0 aromatic heterocycles. The molecule has 1 aliphatic rings. The van der Waals surface area contributed by atoms with Gasteiger partial charge in [0, 0.05) is 5.56 Å². The first-order valence-electron chi connectivity index (χ1n) is 4.79. The first kappa shape index (κ1) is 9.93. The Bertz CT molecular complexity index is 421. The molecule has 78 valence electrons. The second-order valence-corrected chi connectivity index (χ2v) is 3.47. The van der Waals surface area contributed by atoms with Crippen molar-refractivity contribution in [3.05, 3.63) is 35.4 Å². The molecular formula is C12H12O3. The number of methoxy groups -OCH3 is 1. The summed E-state index contributed by atoms with van der Waals surface area (Å²) in [6.45, 7) is 0. The van der Waals surface area contributed by atoms with E-state index in [-0.39, 0.29) is 5.78 Å². The number of carbonyl (C=O) groups is 1. The average molecular weight is 204 g/mol. The van der Waals surface area contributed by atoms with Crippen LogP contribution in [0.3, 0.4) is 0 Å². The zero-order chi connectivity index (χ0) is 10.8. The van der Waals surface area contributed by atoms with Crippen molar-refractivity contribution in [3.63, 3.8) is 0 Å². The van der Waals surface area contributed by atoms with Gasteiger partial charge in [-0.1, -0.05) is 18.2 Å². The predicted octanol–water partition coefficient (Wildman–Crippen LogP) is 1.66. The highest BCUT2D eigenvalue weighted by Gasteiger charge is 2.21. The minimum Gasteiger partial charge on any atom is -0.497 e. The Morgan fingerprint density at radius 3 is 3.00 bits per heavy atom. The van der Waals surface area contributed by atoms with Gasteiger partial charge < -0.3 is 9.84 Å². The topological polar surface area (TPSA) is 46.5 Å².